The molecule has 12 heavy (non-hydrogen) atoms. The third-order valence-electron chi connectivity index (χ3n) is 1.45. The van der Waals surface area contributed by atoms with Crippen LogP contribution in [0.4, 0.5) is 0 Å². The summed E-state index contributed by atoms with van der Waals surface area (Å²) >= 11 is 9.56. The first-order valence-corrected chi connectivity index (χ1v) is 5.40. The van der Waals surface area contributed by atoms with Crippen molar-refractivity contribution in [1.82, 2.24) is 0 Å². The number of nitrogens with zero attached hydrogens (tertiary/aromatic N) is 1. The molecule has 3 nitrogen and oxygen atoms in total. The van der Waals surface area contributed by atoms with Crippen LogP contribution in [0.15, 0.2) is 21.1 Å². The zero-order chi connectivity index (χ0) is 9.35. The number of hydrogen-bond donors (Lipinski definition) is 0. The van der Waals surface area contributed by atoms with Gasteiger partial charge in [0.25, 0.3) is 4.45 Å². The Kier molecular flexibility index (Phi) is 3.11. The van der Waals surface area contributed by atoms with Crippen molar-refractivity contribution < 1.29 is 4.92 Å². The van der Waals surface area contributed by atoms with Crippen molar-refractivity contribution in [3.8, 4) is 0 Å². The van der Waals surface area contributed by atoms with Gasteiger partial charge in [-0.3, -0.25) is 10.1 Å². The molecule has 0 radical (unpaired) electrons. The second-order valence-electron chi connectivity index (χ2n) is 2.34. The summed E-state index contributed by atoms with van der Waals surface area (Å²) in [7, 11) is 0. The molecule has 0 fully saturated rings. The molecule has 0 saturated carbocycles. The molecule has 0 aromatic heterocycles. The molecule has 0 aliphatic heterocycles. The van der Waals surface area contributed by atoms with Gasteiger partial charge in [0.15, 0.2) is 0 Å². The van der Waals surface area contributed by atoms with Crippen molar-refractivity contribution in [2.75, 3.05) is 0 Å². The molecule has 0 spiro atoms. The van der Waals surface area contributed by atoms with Gasteiger partial charge in [0.2, 0.25) is 0 Å². The molecule has 6 heteroatoms. The molecule has 1 atom stereocenters. The molecule has 0 saturated heterocycles. The van der Waals surface area contributed by atoms with Gasteiger partial charge in [-0.1, -0.05) is 15.9 Å². The van der Waals surface area contributed by atoms with Gasteiger partial charge in [0.1, 0.15) is 0 Å². The van der Waals surface area contributed by atoms with Crippen LogP contribution in [0.5, 0.6) is 0 Å². The minimum atomic E-state index is -1.15. The normalized spacial score (nSPS) is 29.2. The quantitative estimate of drug-likeness (QED) is 0.311. The Hall–Kier alpha value is 0.320. The summed E-state index contributed by atoms with van der Waals surface area (Å²) in [5.41, 5.74) is 0. The van der Waals surface area contributed by atoms with E-state index in [1.165, 1.54) is 6.08 Å². The van der Waals surface area contributed by atoms with Crippen molar-refractivity contribution in [3.05, 3.63) is 31.2 Å². The summed E-state index contributed by atoms with van der Waals surface area (Å²) in [6, 6.07) is 0. The third kappa shape index (κ3) is 1.97. The lowest BCUT2D eigenvalue weighted by Gasteiger charge is -2.18. The zero-order valence-corrected chi connectivity index (χ0v) is 10.5. The summed E-state index contributed by atoms with van der Waals surface area (Å²) in [5, 5.41) is 10.6. The van der Waals surface area contributed by atoms with Crippen LogP contribution in [0.1, 0.15) is 6.42 Å². The Morgan fingerprint density at radius 3 is 2.58 bits per heavy atom. The van der Waals surface area contributed by atoms with Crippen LogP contribution in [0.3, 0.4) is 0 Å². The zero-order valence-electron chi connectivity index (χ0n) is 5.76. The molecule has 0 N–H and O–H groups in total. The molecule has 1 aliphatic carbocycles. The molecule has 66 valence electrons. The maximum atomic E-state index is 10.6. The number of nitro groups is 1. The van der Waals surface area contributed by atoms with Crippen molar-refractivity contribution in [2.24, 2.45) is 0 Å². The van der Waals surface area contributed by atoms with E-state index in [9.17, 15) is 10.1 Å². The highest BCUT2D eigenvalue weighted by atomic mass is 79.9. The molecule has 0 bridgehead atoms. The van der Waals surface area contributed by atoms with E-state index in [1.54, 1.807) is 6.08 Å². The minimum Gasteiger partial charge on any atom is -0.263 e. The number of halogens is 3. The predicted octanol–water partition coefficient (Wildman–Crippen LogP) is 3.32. The largest absolute Gasteiger partial charge is 0.297 e. The van der Waals surface area contributed by atoms with Crippen molar-refractivity contribution in [3.63, 3.8) is 0 Å². The topological polar surface area (TPSA) is 43.1 Å². The molecule has 1 rings (SSSR count). The van der Waals surface area contributed by atoms with E-state index in [0.717, 1.165) is 8.96 Å². The third-order valence-corrected chi connectivity index (χ3v) is 4.27. The van der Waals surface area contributed by atoms with Crippen LogP contribution in [0.2, 0.25) is 0 Å². The number of rotatable bonds is 1. The molecule has 1 unspecified atom stereocenters. The lowest BCUT2D eigenvalue weighted by molar-refractivity contribution is -0.521. The number of hydrogen-bond acceptors (Lipinski definition) is 2. The average molecular weight is 362 g/mol. The molecule has 1 aliphatic rings. The molecule has 0 aromatic carbocycles. The van der Waals surface area contributed by atoms with Gasteiger partial charge in [-0.15, -0.1) is 0 Å². The standard InChI is InChI=1S/C6H4Br3NO2/c7-4-1-2-6(9,10(11)12)3-5(4)8/h1-2H,3H2. The van der Waals surface area contributed by atoms with E-state index in [4.69, 9.17) is 0 Å². The van der Waals surface area contributed by atoms with Crippen molar-refractivity contribution >= 4 is 47.8 Å². The summed E-state index contributed by atoms with van der Waals surface area (Å²) < 4.78 is 0.487. The lowest BCUT2D eigenvalue weighted by Crippen LogP contribution is -2.30. The summed E-state index contributed by atoms with van der Waals surface area (Å²) in [6.45, 7) is 0. The first kappa shape index (κ1) is 10.4. The second kappa shape index (κ2) is 3.59. The van der Waals surface area contributed by atoms with Crippen LogP contribution < -0.4 is 0 Å². The van der Waals surface area contributed by atoms with Crippen LogP contribution >= 0.6 is 47.8 Å². The predicted molar refractivity (Wildman–Crippen MR) is 57.3 cm³/mol. The smallest absolute Gasteiger partial charge is 0.263 e. The van der Waals surface area contributed by atoms with E-state index in [1.807, 2.05) is 0 Å². The Morgan fingerprint density at radius 1 is 1.58 bits per heavy atom. The lowest BCUT2D eigenvalue weighted by atomic mass is 10.1. The van der Waals surface area contributed by atoms with Crippen LogP contribution in [0, 0.1) is 10.1 Å². The molecule has 0 heterocycles. The Bertz CT molecular complexity index is 287. The van der Waals surface area contributed by atoms with Gasteiger partial charge in [0.05, 0.1) is 6.42 Å². The summed E-state index contributed by atoms with van der Waals surface area (Å²) in [6.07, 6.45) is 3.49. The number of allylic oxidation sites excluding steroid dienone is 2. The SMILES string of the molecule is O=[N+]([O-])C1(Br)C=CC(Br)=C(Br)C1. The Balaban J connectivity index is 2.94. The van der Waals surface area contributed by atoms with Gasteiger partial charge in [-0.25, -0.2) is 0 Å². The van der Waals surface area contributed by atoms with Crippen molar-refractivity contribution in [1.29, 1.82) is 0 Å². The molecular weight excluding hydrogens is 358 g/mol. The van der Waals surface area contributed by atoms with E-state index < -0.39 is 4.45 Å². The van der Waals surface area contributed by atoms with Gasteiger partial charge < -0.3 is 0 Å². The van der Waals surface area contributed by atoms with E-state index in [2.05, 4.69) is 47.8 Å². The summed E-state index contributed by atoms with van der Waals surface area (Å²) in [5.74, 6) is 0. The minimum absolute atomic E-state index is 0.317. The van der Waals surface area contributed by atoms with Crippen molar-refractivity contribution in [2.45, 2.75) is 10.9 Å². The van der Waals surface area contributed by atoms with E-state index >= 15 is 0 Å². The second-order valence-corrected chi connectivity index (χ2v) is 5.52. The van der Waals surface area contributed by atoms with Crippen LogP contribution in [0.25, 0.3) is 0 Å². The molecule has 0 aromatic rings. The fourth-order valence-electron chi connectivity index (χ4n) is 0.778. The van der Waals surface area contributed by atoms with E-state index in [-0.39, 0.29) is 4.92 Å². The first-order valence-electron chi connectivity index (χ1n) is 3.02. The maximum Gasteiger partial charge on any atom is 0.297 e. The average Bonchev–Trinajstić information content (AvgIpc) is 1.97. The highest BCUT2D eigenvalue weighted by molar-refractivity contribution is 9.14. The maximum absolute atomic E-state index is 10.6. The number of alkyl halides is 1. The molecule has 0 amide bonds. The van der Waals surface area contributed by atoms with Gasteiger partial charge in [-0.2, -0.15) is 0 Å². The fourth-order valence-corrected chi connectivity index (χ4v) is 2.40. The van der Waals surface area contributed by atoms with Crippen LogP contribution in [-0.4, -0.2) is 9.37 Å². The van der Waals surface area contributed by atoms with Crippen LogP contribution in [-0.2, 0) is 0 Å². The summed E-state index contributed by atoms with van der Waals surface area (Å²) in [4.78, 5) is 10.2. The van der Waals surface area contributed by atoms with Gasteiger partial charge in [0, 0.05) is 35.9 Å². The highest BCUT2D eigenvalue weighted by Gasteiger charge is 2.39. The van der Waals surface area contributed by atoms with E-state index in [0.29, 0.717) is 6.42 Å². The fraction of sp³-hybridized carbons (Fsp3) is 0.333. The first-order chi connectivity index (χ1) is 5.46. The Labute approximate surface area is 94.4 Å². The Morgan fingerprint density at radius 2 is 2.17 bits per heavy atom. The van der Waals surface area contributed by atoms with Gasteiger partial charge in [-0.05, 0) is 22.0 Å². The van der Waals surface area contributed by atoms with Gasteiger partial charge >= 0.3 is 0 Å². The monoisotopic (exact) mass is 359 g/mol. The molecular formula is C6H4Br3NO2. The highest BCUT2D eigenvalue weighted by Crippen LogP contribution is 2.38.